The molecule has 0 heterocycles. The lowest BCUT2D eigenvalue weighted by molar-refractivity contribution is -0.137. The molecule has 0 aliphatic carbocycles. The van der Waals surface area contributed by atoms with Crippen molar-refractivity contribution in [3.63, 3.8) is 0 Å². The first-order chi connectivity index (χ1) is 8.24. The van der Waals surface area contributed by atoms with Crippen LogP contribution in [0.15, 0.2) is 24.3 Å². The van der Waals surface area contributed by atoms with Gasteiger partial charge < -0.3 is 5.32 Å². The molecule has 0 fully saturated rings. The number of benzene rings is 1. The molecule has 0 aliphatic heterocycles. The quantitative estimate of drug-likeness (QED) is 0.797. The van der Waals surface area contributed by atoms with Crippen molar-refractivity contribution >= 4 is 11.6 Å². The zero-order valence-electron chi connectivity index (χ0n) is 10.4. The van der Waals surface area contributed by atoms with Crippen LogP contribution in [0.5, 0.6) is 0 Å². The molecule has 1 nitrogen and oxygen atoms in total. The molecule has 5 heteroatoms. The molecule has 1 aromatic rings. The number of hydrogen-bond acceptors (Lipinski definition) is 1. The SMILES string of the molecule is CC(C)(CCCl)NCc1cccc(C(F)(F)F)c1. The molecular formula is C13H17ClF3N. The lowest BCUT2D eigenvalue weighted by atomic mass is 10.0. The highest BCUT2D eigenvalue weighted by Gasteiger charge is 2.30. The van der Waals surface area contributed by atoms with Crippen molar-refractivity contribution in [3.05, 3.63) is 35.4 Å². The Kier molecular flexibility index (Phi) is 5.05. The summed E-state index contributed by atoms with van der Waals surface area (Å²) < 4.78 is 37.6. The van der Waals surface area contributed by atoms with Crippen LogP contribution >= 0.6 is 11.6 Å². The van der Waals surface area contributed by atoms with E-state index >= 15 is 0 Å². The van der Waals surface area contributed by atoms with Gasteiger partial charge in [0.15, 0.2) is 0 Å². The third-order valence-corrected chi connectivity index (χ3v) is 2.93. The Morgan fingerprint density at radius 1 is 1.22 bits per heavy atom. The van der Waals surface area contributed by atoms with Crippen LogP contribution in [0, 0.1) is 0 Å². The van der Waals surface area contributed by atoms with Crippen LogP contribution in [0.3, 0.4) is 0 Å². The molecule has 0 atom stereocenters. The molecule has 1 N–H and O–H groups in total. The Labute approximate surface area is 110 Å². The first-order valence-electron chi connectivity index (χ1n) is 5.72. The summed E-state index contributed by atoms with van der Waals surface area (Å²) in [6.45, 7) is 4.35. The Morgan fingerprint density at radius 2 is 1.89 bits per heavy atom. The van der Waals surface area contributed by atoms with E-state index in [9.17, 15) is 13.2 Å². The Balaban J connectivity index is 2.69. The summed E-state index contributed by atoms with van der Waals surface area (Å²) in [5.74, 6) is 0.516. The van der Waals surface area contributed by atoms with Crippen molar-refractivity contribution in [3.8, 4) is 0 Å². The second-order valence-electron chi connectivity index (χ2n) is 4.87. The average Bonchev–Trinajstić information content (AvgIpc) is 2.26. The van der Waals surface area contributed by atoms with Crippen LogP contribution in [0.1, 0.15) is 31.4 Å². The van der Waals surface area contributed by atoms with Crippen LogP contribution < -0.4 is 5.32 Å². The summed E-state index contributed by atoms with van der Waals surface area (Å²) in [5.41, 5.74) is -0.180. The molecule has 0 saturated carbocycles. The molecule has 0 unspecified atom stereocenters. The highest BCUT2D eigenvalue weighted by molar-refractivity contribution is 6.17. The smallest absolute Gasteiger partial charge is 0.308 e. The van der Waals surface area contributed by atoms with E-state index in [2.05, 4.69) is 5.32 Å². The minimum absolute atomic E-state index is 0.185. The molecule has 0 spiro atoms. The molecule has 102 valence electrons. The van der Waals surface area contributed by atoms with Crippen molar-refractivity contribution in [1.82, 2.24) is 5.32 Å². The highest BCUT2D eigenvalue weighted by atomic mass is 35.5. The van der Waals surface area contributed by atoms with Crippen molar-refractivity contribution in [2.75, 3.05) is 5.88 Å². The van der Waals surface area contributed by atoms with Gasteiger partial charge in [0, 0.05) is 18.0 Å². The molecule has 1 aromatic carbocycles. The van der Waals surface area contributed by atoms with E-state index in [0.29, 0.717) is 18.0 Å². The third kappa shape index (κ3) is 4.86. The van der Waals surface area contributed by atoms with E-state index in [1.54, 1.807) is 6.07 Å². The first-order valence-corrected chi connectivity index (χ1v) is 6.25. The van der Waals surface area contributed by atoms with Gasteiger partial charge in [0.1, 0.15) is 0 Å². The molecule has 1 rings (SSSR count). The average molecular weight is 280 g/mol. The first kappa shape index (κ1) is 15.3. The topological polar surface area (TPSA) is 12.0 Å². The van der Waals surface area contributed by atoms with Gasteiger partial charge in [-0.2, -0.15) is 13.2 Å². The predicted octanol–water partition coefficient (Wildman–Crippen LogP) is 4.20. The lowest BCUT2D eigenvalue weighted by Gasteiger charge is -2.25. The van der Waals surface area contributed by atoms with E-state index < -0.39 is 11.7 Å². The standard InChI is InChI=1S/C13H17ClF3N/c1-12(2,6-7-14)18-9-10-4-3-5-11(8-10)13(15,16)17/h3-5,8,18H,6-7,9H2,1-2H3. The van der Waals surface area contributed by atoms with E-state index in [1.807, 2.05) is 13.8 Å². The maximum absolute atomic E-state index is 12.5. The second kappa shape index (κ2) is 5.93. The minimum atomic E-state index is -4.29. The van der Waals surface area contributed by atoms with Crippen LogP contribution in [0.4, 0.5) is 13.2 Å². The van der Waals surface area contributed by atoms with Crippen LogP contribution in [-0.4, -0.2) is 11.4 Å². The van der Waals surface area contributed by atoms with Crippen LogP contribution in [0.2, 0.25) is 0 Å². The van der Waals surface area contributed by atoms with Gasteiger partial charge in [-0.25, -0.2) is 0 Å². The summed E-state index contributed by atoms with van der Waals surface area (Å²) in [4.78, 5) is 0. The molecular weight excluding hydrogens is 263 g/mol. The minimum Gasteiger partial charge on any atom is -0.308 e. The maximum Gasteiger partial charge on any atom is 0.416 e. The van der Waals surface area contributed by atoms with E-state index in [4.69, 9.17) is 11.6 Å². The number of hydrogen-bond donors (Lipinski definition) is 1. The van der Waals surface area contributed by atoms with Gasteiger partial charge in [0.25, 0.3) is 0 Å². The van der Waals surface area contributed by atoms with E-state index in [0.717, 1.165) is 12.5 Å². The molecule has 0 aliphatic rings. The zero-order valence-corrected chi connectivity index (χ0v) is 11.2. The number of halogens is 4. The summed E-state index contributed by atoms with van der Waals surface area (Å²) in [7, 11) is 0. The van der Waals surface area contributed by atoms with Gasteiger partial charge >= 0.3 is 6.18 Å². The summed E-state index contributed by atoms with van der Waals surface area (Å²) in [5, 5.41) is 3.20. The largest absolute Gasteiger partial charge is 0.416 e. The fraction of sp³-hybridized carbons (Fsp3) is 0.538. The highest BCUT2D eigenvalue weighted by Crippen LogP contribution is 2.29. The molecule has 0 aromatic heterocycles. The fourth-order valence-electron chi connectivity index (χ4n) is 1.52. The maximum atomic E-state index is 12.5. The molecule has 0 bridgehead atoms. The number of rotatable bonds is 5. The van der Waals surface area contributed by atoms with Crippen molar-refractivity contribution in [2.45, 2.75) is 38.5 Å². The summed E-state index contributed by atoms with van der Waals surface area (Å²) in [6.07, 6.45) is -3.53. The zero-order chi connectivity index (χ0) is 13.8. The number of alkyl halides is 4. The molecule has 18 heavy (non-hydrogen) atoms. The van der Waals surface area contributed by atoms with Crippen molar-refractivity contribution < 1.29 is 13.2 Å². The van der Waals surface area contributed by atoms with Crippen molar-refractivity contribution in [2.24, 2.45) is 0 Å². The normalized spacial score (nSPS) is 12.8. The summed E-state index contributed by atoms with van der Waals surface area (Å²) >= 11 is 5.66. The fourth-order valence-corrected chi connectivity index (χ4v) is 2.00. The van der Waals surface area contributed by atoms with Gasteiger partial charge in [0.05, 0.1) is 5.56 Å². The van der Waals surface area contributed by atoms with Crippen LogP contribution in [0.25, 0.3) is 0 Å². The summed E-state index contributed by atoms with van der Waals surface area (Å²) in [6, 6.07) is 5.35. The van der Waals surface area contributed by atoms with Crippen LogP contribution in [-0.2, 0) is 12.7 Å². The molecule has 0 radical (unpaired) electrons. The molecule has 0 saturated heterocycles. The van der Waals surface area contributed by atoms with Gasteiger partial charge in [0.2, 0.25) is 0 Å². The molecule has 0 amide bonds. The lowest BCUT2D eigenvalue weighted by Crippen LogP contribution is -2.39. The third-order valence-electron chi connectivity index (χ3n) is 2.74. The predicted molar refractivity (Wildman–Crippen MR) is 67.7 cm³/mol. The Morgan fingerprint density at radius 3 is 2.44 bits per heavy atom. The van der Waals surface area contributed by atoms with E-state index in [-0.39, 0.29) is 5.54 Å². The van der Waals surface area contributed by atoms with E-state index in [1.165, 1.54) is 12.1 Å². The Bertz CT molecular complexity index is 388. The van der Waals surface area contributed by atoms with Crippen molar-refractivity contribution in [1.29, 1.82) is 0 Å². The van der Waals surface area contributed by atoms with Gasteiger partial charge in [-0.1, -0.05) is 18.2 Å². The van der Waals surface area contributed by atoms with Gasteiger partial charge in [-0.15, -0.1) is 11.6 Å². The second-order valence-corrected chi connectivity index (χ2v) is 5.25. The number of nitrogens with one attached hydrogen (secondary N) is 1. The monoisotopic (exact) mass is 279 g/mol. The van der Waals surface area contributed by atoms with Gasteiger partial charge in [-0.05, 0) is 31.9 Å². The van der Waals surface area contributed by atoms with Gasteiger partial charge in [-0.3, -0.25) is 0 Å². The Hall–Kier alpha value is -0.740.